The zero-order chi connectivity index (χ0) is 11.5. The third-order valence-corrected chi connectivity index (χ3v) is 3.64. The number of aryl methyl sites for hydroxylation is 1. The monoisotopic (exact) mass is 327 g/mol. The van der Waals surface area contributed by atoms with Gasteiger partial charge in [0.25, 0.3) is 0 Å². The van der Waals surface area contributed by atoms with Gasteiger partial charge >= 0.3 is 0 Å². The molecule has 3 nitrogen and oxygen atoms in total. The van der Waals surface area contributed by atoms with Gasteiger partial charge in [-0.2, -0.15) is 5.10 Å². The highest BCUT2D eigenvalue weighted by molar-refractivity contribution is 14.1. The van der Waals surface area contributed by atoms with Gasteiger partial charge in [0.1, 0.15) is 0 Å². The van der Waals surface area contributed by atoms with E-state index in [0.29, 0.717) is 0 Å². The molecule has 2 aromatic rings. The number of nitrogens with one attached hydrogen (secondary N) is 1. The highest BCUT2D eigenvalue weighted by Gasteiger charge is 2.16. The van der Waals surface area contributed by atoms with E-state index in [4.69, 9.17) is 0 Å². The third-order valence-electron chi connectivity index (χ3n) is 2.66. The topological polar surface area (TPSA) is 29.9 Å². The SMILES string of the molecule is CNC(c1ccccc1I)c1ccnn1C. The van der Waals surface area contributed by atoms with Gasteiger partial charge in [-0.25, -0.2) is 0 Å². The number of halogens is 1. The second-order valence-electron chi connectivity index (χ2n) is 3.62. The first kappa shape index (κ1) is 11.6. The van der Waals surface area contributed by atoms with Gasteiger partial charge in [-0.1, -0.05) is 18.2 Å². The number of hydrogen-bond donors (Lipinski definition) is 1. The van der Waals surface area contributed by atoms with E-state index in [-0.39, 0.29) is 6.04 Å². The maximum atomic E-state index is 4.21. The summed E-state index contributed by atoms with van der Waals surface area (Å²) in [7, 11) is 3.94. The fourth-order valence-corrected chi connectivity index (χ4v) is 2.54. The molecule has 0 fully saturated rings. The van der Waals surface area contributed by atoms with E-state index < -0.39 is 0 Å². The average Bonchev–Trinajstić information content (AvgIpc) is 2.69. The van der Waals surface area contributed by atoms with E-state index in [2.05, 4.69) is 57.3 Å². The minimum Gasteiger partial charge on any atom is -0.308 e. The number of hydrogen-bond acceptors (Lipinski definition) is 2. The zero-order valence-electron chi connectivity index (χ0n) is 9.31. The number of nitrogens with zero attached hydrogens (tertiary/aromatic N) is 2. The van der Waals surface area contributed by atoms with Crippen LogP contribution in [0, 0.1) is 3.57 Å². The molecule has 0 spiro atoms. The second-order valence-corrected chi connectivity index (χ2v) is 4.79. The van der Waals surface area contributed by atoms with Crippen molar-refractivity contribution in [2.24, 2.45) is 7.05 Å². The normalized spacial score (nSPS) is 12.7. The molecule has 0 aliphatic heterocycles. The van der Waals surface area contributed by atoms with Crippen LogP contribution in [0.5, 0.6) is 0 Å². The van der Waals surface area contributed by atoms with Crippen molar-refractivity contribution in [3.8, 4) is 0 Å². The zero-order valence-corrected chi connectivity index (χ0v) is 11.5. The fourth-order valence-electron chi connectivity index (χ4n) is 1.84. The summed E-state index contributed by atoms with van der Waals surface area (Å²) >= 11 is 2.37. The Morgan fingerprint density at radius 2 is 2.06 bits per heavy atom. The molecule has 1 unspecified atom stereocenters. The van der Waals surface area contributed by atoms with Crippen LogP contribution >= 0.6 is 22.6 Å². The van der Waals surface area contributed by atoms with E-state index in [1.54, 1.807) is 0 Å². The minimum absolute atomic E-state index is 0.195. The molecular weight excluding hydrogens is 313 g/mol. The Morgan fingerprint density at radius 3 is 2.62 bits per heavy atom. The van der Waals surface area contributed by atoms with E-state index in [0.717, 1.165) is 0 Å². The summed E-state index contributed by atoms with van der Waals surface area (Å²) in [6.45, 7) is 0. The van der Waals surface area contributed by atoms with Crippen molar-refractivity contribution < 1.29 is 0 Å². The summed E-state index contributed by atoms with van der Waals surface area (Å²) < 4.78 is 3.17. The molecule has 0 radical (unpaired) electrons. The highest BCUT2D eigenvalue weighted by Crippen LogP contribution is 2.25. The lowest BCUT2D eigenvalue weighted by Gasteiger charge is -2.18. The van der Waals surface area contributed by atoms with Gasteiger partial charge in [-0.15, -0.1) is 0 Å². The summed E-state index contributed by atoms with van der Waals surface area (Å²) in [5, 5.41) is 7.55. The predicted molar refractivity (Wildman–Crippen MR) is 73.3 cm³/mol. The Bertz CT molecular complexity index is 479. The van der Waals surface area contributed by atoms with Crippen LogP contribution in [0.15, 0.2) is 36.5 Å². The largest absolute Gasteiger partial charge is 0.308 e. The van der Waals surface area contributed by atoms with Crippen LogP contribution < -0.4 is 5.32 Å². The Labute approximate surface area is 109 Å². The summed E-state index contributed by atoms with van der Waals surface area (Å²) in [5.74, 6) is 0. The summed E-state index contributed by atoms with van der Waals surface area (Å²) in [6, 6.07) is 10.6. The first-order chi connectivity index (χ1) is 7.74. The van der Waals surface area contributed by atoms with E-state index in [9.17, 15) is 0 Å². The number of aromatic nitrogens is 2. The molecule has 0 amide bonds. The molecule has 0 aliphatic rings. The molecule has 4 heteroatoms. The molecule has 1 atom stereocenters. The first-order valence-corrected chi connectivity index (χ1v) is 6.21. The van der Waals surface area contributed by atoms with Crippen molar-refractivity contribution in [2.45, 2.75) is 6.04 Å². The lowest BCUT2D eigenvalue weighted by molar-refractivity contribution is 0.604. The van der Waals surface area contributed by atoms with Gasteiger partial charge in [-0.3, -0.25) is 4.68 Å². The van der Waals surface area contributed by atoms with Crippen LogP contribution in [0.2, 0.25) is 0 Å². The molecule has 1 N–H and O–H groups in total. The van der Waals surface area contributed by atoms with E-state index in [1.165, 1.54) is 14.8 Å². The van der Waals surface area contributed by atoms with Gasteiger partial charge in [0.2, 0.25) is 0 Å². The Kier molecular flexibility index (Phi) is 3.60. The first-order valence-electron chi connectivity index (χ1n) is 5.13. The lowest BCUT2D eigenvalue weighted by atomic mass is 10.0. The number of rotatable bonds is 3. The van der Waals surface area contributed by atoms with Crippen molar-refractivity contribution in [1.82, 2.24) is 15.1 Å². The second kappa shape index (κ2) is 4.97. The van der Waals surface area contributed by atoms with Crippen LogP contribution in [0.4, 0.5) is 0 Å². The summed E-state index contributed by atoms with van der Waals surface area (Å²) in [6.07, 6.45) is 1.83. The van der Waals surface area contributed by atoms with Crippen LogP contribution in [0.25, 0.3) is 0 Å². The molecule has 1 aromatic carbocycles. The lowest BCUT2D eigenvalue weighted by Crippen LogP contribution is -2.21. The Morgan fingerprint density at radius 1 is 1.31 bits per heavy atom. The third kappa shape index (κ3) is 2.12. The van der Waals surface area contributed by atoms with Crippen LogP contribution in [0.3, 0.4) is 0 Å². The summed E-state index contributed by atoms with van der Waals surface area (Å²) in [5.41, 5.74) is 2.46. The number of benzene rings is 1. The molecule has 0 bridgehead atoms. The van der Waals surface area contributed by atoms with Crippen molar-refractivity contribution >= 4 is 22.6 Å². The molecule has 84 valence electrons. The minimum atomic E-state index is 0.195. The molecule has 16 heavy (non-hydrogen) atoms. The van der Waals surface area contributed by atoms with Crippen molar-refractivity contribution in [2.75, 3.05) is 7.05 Å². The Hall–Kier alpha value is -0.880. The Balaban J connectivity index is 2.45. The van der Waals surface area contributed by atoms with Crippen LogP contribution in [-0.2, 0) is 7.05 Å². The van der Waals surface area contributed by atoms with Gasteiger partial charge in [0.05, 0.1) is 11.7 Å². The maximum Gasteiger partial charge on any atom is 0.0755 e. The smallest absolute Gasteiger partial charge is 0.0755 e. The van der Waals surface area contributed by atoms with Gasteiger partial charge in [-0.05, 0) is 47.3 Å². The standard InChI is InChI=1S/C12H14IN3/c1-14-12(11-7-8-15-16(11)2)9-5-3-4-6-10(9)13/h3-8,12,14H,1-2H3. The van der Waals surface area contributed by atoms with E-state index in [1.807, 2.05) is 31.0 Å². The summed E-state index contributed by atoms with van der Waals surface area (Å²) in [4.78, 5) is 0. The molecule has 1 heterocycles. The van der Waals surface area contributed by atoms with Crippen molar-refractivity contribution in [3.63, 3.8) is 0 Å². The molecular formula is C12H14IN3. The molecule has 2 rings (SSSR count). The quantitative estimate of drug-likeness (QED) is 0.877. The van der Waals surface area contributed by atoms with Crippen molar-refractivity contribution in [3.05, 3.63) is 51.4 Å². The van der Waals surface area contributed by atoms with Gasteiger partial charge < -0.3 is 5.32 Å². The maximum absolute atomic E-state index is 4.21. The fraction of sp³-hybridized carbons (Fsp3) is 0.250. The van der Waals surface area contributed by atoms with E-state index >= 15 is 0 Å². The van der Waals surface area contributed by atoms with Crippen LogP contribution in [0.1, 0.15) is 17.3 Å². The molecule has 0 saturated heterocycles. The van der Waals surface area contributed by atoms with Gasteiger partial charge in [0, 0.05) is 16.8 Å². The molecule has 0 aliphatic carbocycles. The van der Waals surface area contributed by atoms with Crippen molar-refractivity contribution in [1.29, 1.82) is 0 Å². The predicted octanol–water partition coefficient (Wildman–Crippen LogP) is 2.33. The molecule has 1 aromatic heterocycles. The highest BCUT2D eigenvalue weighted by atomic mass is 127. The molecule has 0 saturated carbocycles. The van der Waals surface area contributed by atoms with Crippen LogP contribution in [-0.4, -0.2) is 16.8 Å². The average molecular weight is 327 g/mol. The van der Waals surface area contributed by atoms with Gasteiger partial charge in [0.15, 0.2) is 0 Å².